The van der Waals surface area contributed by atoms with Crippen LogP contribution in [0.3, 0.4) is 0 Å². The van der Waals surface area contributed by atoms with Crippen LogP contribution in [0.1, 0.15) is 18.2 Å². The number of benzene rings is 1. The van der Waals surface area contributed by atoms with E-state index < -0.39 is 0 Å². The van der Waals surface area contributed by atoms with Crippen molar-refractivity contribution in [2.75, 3.05) is 5.32 Å². The van der Waals surface area contributed by atoms with Crippen LogP contribution in [0.15, 0.2) is 36.8 Å². The van der Waals surface area contributed by atoms with Gasteiger partial charge in [-0.3, -0.25) is 0 Å². The molecule has 0 fully saturated rings. The third-order valence-corrected chi connectivity index (χ3v) is 2.75. The lowest BCUT2D eigenvalue weighted by Crippen LogP contribution is -2.03. The van der Waals surface area contributed by atoms with Crippen molar-refractivity contribution in [2.45, 2.75) is 19.9 Å². The minimum absolute atomic E-state index is 0.808. The molecular weight excluding hydrogens is 198 g/mol. The lowest BCUT2D eigenvalue weighted by Gasteiger charge is -2.07. The van der Waals surface area contributed by atoms with E-state index in [2.05, 4.69) is 41.5 Å². The van der Waals surface area contributed by atoms with E-state index in [0.717, 1.165) is 18.7 Å². The van der Waals surface area contributed by atoms with Crippen molar-refractivity contribution in [1.29, 1.82) is 0 Å². The van der Waals surface area contributed by atoms with Crippen LogP contribution in [-0.4, -0.2) is 9.55 Å². The zero-order valence-electron chi connectivity index (χ0n) is 9.77. The second-order valence-corrected chi connectivity index (χ2v) is 3.90. The number of rotatable bonds is 4. The highest BCUT2D eigenvalue weighted by molar-refractivity contribution is 5.44. The summed E-state index contributed by atoms with van der Waals surface area (Å²) in [6.07, 6.45) is 4.78. The Morgan fingerprint density at radius 1 is 1.25 bits per heavy atom. The number of anilines is 1. The molecular formula is C13H17N3. The quantitative estimate of drug-likeness (QED) is 0.849. The zero-order valence-corrected chi connectivity index (χ0v) is 9.77. The van der Waals surface area contributed by atoms with E-state index in [1.165, 1.54) is 11.3 Å². The maximum atomic E-state index is 4.08. The molecule has 0 amide bonds. The fourth-order valence-electron chi connectivity index (χ4n) is 1.61. The van der Waals surface area contributed by atoms with Gasteiger partial charge in [-0.05, 0) is 24.1 Å². The lowest BCUT2D eigenvalue weighted by atomic mass is 10.1. The Bertz CT molecular complexity index is 442. The van der Waals surface area contributed by atoms with Crippen LogP contribution in [0.4, 0.5) is 5.69 Å². The normalized spacial score (nSPS) is 10.4. The SMILES string of the molecule is CCc1ccc(NCc2cncn2C)cc1. The van der Waals surface area contributed by atoms with Gasteiger partial charge in [-0.1, -0.05) is 19.1 Å². The van der Waals surface area contributed by atoms with Crippen LogP contribution in [0, 0.1) is 0 Å². The summed E-state index contributed by atoms with van der Waals surface area (Å²) >= 11 is 0. The van der Waals surface area contributed by atoms with E-state index in [1.54, 1.807) is 0 Å². The summed E-state index contributed by atoms with van der Waals surface area (Å²) in [5, 5.41) is 3.38. The summed E-state index contributed by atoms with van der Waals surface area (Å²) in [5.41, 5.74) is 3.70. The highest BCUT2D eigenvalue weighted by Gasteiger charge is 1.98. The van der Waals surface area contributed by atoms with Gasteiger partial charge in [-0.2, -0.15) is 0 Å². The van der Waals surface area contributed by atoms with E-state index >= 15 is 0 Å². The predicted molar refractivity (Wildman–Crippen MR) is 66.4 cm³/mol. The van der Waals surface area contributed by atoms with E-state index in [9.17, 15) is 0 Å². The molecule has 1 aromatic heterocycles. The van der Waals surface area contributed by atoms with Gasteiger partial charge in [0.25, 0.3) is 0 Å². The average molecular weight is 215 g/mol. The monoisotopic (exact) mass is 215 g/mol. The summed E-state index contributed by atoms with van der Waals surface area (Å²) < 4.78 is 2.02. The molecule has 2 rings (SSSR count). The fraction of sp³-hybridized carbons (Fsp3) is 0.308. The molecule has 1 aromatic carbocycles. The smallest absolute Gasteiger partial charge is 0.0946 e. The van der Waals surface area contributed by atoms with Crippen molar-refractivity contribution in [1.82, 2.24) is 9.55 Å². The molecule has 3 nitrogen and oxygen atoms in total. The van der Waals surface area contributed by atoms with E-state index in [0.29, 0.717) is 0 Å². The highest BCUT2D eigenvalue weighted by atomic mass is 15.0. The van der Waals surface area contributed by atoms with Crippen LogP contribution < -0.4 is 5.32 Å². The summed E-state index contributed by atoms with van der Waals surface area (Å²) in [5.74, 6) is 0. The van der Waals surface area contributed by atoms with Gasteiger partial charge >= 0.3 is 0 Å². The number of nitrogens with zero attached hydrogens (tertiary/aromatic N) is 2. The average Bonchev–Trinajstić information content (AvgIpc) is 2.73. The van der Waals surface area contributed by atoms with Crippen LogP contribution in [0.25, 0.3) is 0 Å². The van der Waals surface area contributed by atoms with E-state index in [4.69, 9.17) is 0 Å². The first-order valence-corrected chi connectivity index (χ1v) is 5.57. The van der Waals surface area contributed by atoms with Gasteiger partial charge in [-0.15, -0.1) is 0 Å². The van der Waals surface area contributed by atoms with Crippen LogP contribution in [0.2, 0.25) is 0 Å². The Labute approximate surface area is 96.1 Å². The van der Waals surface area contributed by atoms with Crippen molar-refractivity contribution < 1.29 is 0 Å². The number of hydrogen-bond acceptors (Lipinski definition) is 2. The summed E-state index contributed by atoms with van der Waals surface area (Å²) in [4.78, 5) is 4.08. The highest BCUT2D eigenvalue weighted by Crippen LogP contribution is 2.11. The van der Waals surface area contributed by atoms with Crippen LogP contribution >= 0.6 is 0 Å². The standard InChI is InChI=1S/C13H17N3/c1-3-11-4-6-12(7-5-11)15-9-13-8-14-10-16(13)2/h4-8,10,15H,3,9H2,1-2H3. The van der Waals surface area contributed by atoms with Gasteiger partial charge in [0.2, 0.25) is 0 Å². The molecule has 3 heteroatoms. The third kappa shape index (κ3) is 2.42. The molecule has 0 aliphatic rings. The van der Waals surface area contributed by atoms with Crippen molar-refractivity contribution in [3.05, 3.63) is 48.0 Å². The van der Waals surface area contributed by atoms with Crippen molar-refractivity contribution >= 4 is 5.69 Å². The number of imidazole rings is 1. The molecule has 2 aromatic rings. The van der Waals surface area contributed by atoms with Crippen LogP contribution in [0.5, 0.6) is 0 Å². The second-order valence-electron chi connectivity index (χ2n) is 3.90. The molecule has 0 radical (unpaired) electrons. The van der Waals surface area contributed by atoms with Gasteiger partial charge in [0.1, 0.15) is 0 Å². The van der Waals surface area contributed by atoms with Crippen molar-refractivity contribution in [3.8, 4) is 0 Å². The van der Waals surface area contributed by atoms with Gasteiger partial charge in [-0.25, -0.2) is 4.98 Å². The maximum absolute atomic E-state index is 4.08. The molecule has 0 bridgehead atoms. The minimum Gasteiger partial charge on any atom is -0.379 e. The molecule has 16 heavy (non-hydrogen) atoms. The topological polar surface area (TPSA) is 29.9 Å². The first-order valence-electron chi connectivity index (χ1n) is 5.57. The molecule has 0 unspecified atom stereocenters. The molecule has 0 atom stereocenters. The summed E-state index contributed by atoms with van der Waals surface area (Å²) in [6, 6.07) is 8.56. The minimum atomic E-state index is 0.808. The van der Waals surface area contributed by atoms with Gasteiger partial charge in [0.15, 0.2) is 0 Å². The number of hydrogen-bond donors (Lipinski definition) is 1. The Kier molecular flexibility index (Phi) is 3.25. The maximum Gasteiger partial charge on any atom is 0.0946 e. The first-order chi connectivity index (χ1) is 7.79. The van der Waals surface area contributed by atoms with Crippen molar-refractivity contribution in [2.24, 2.45) is 7.05 Å². The Balaban J connectivity index is 1.97. The molecule has 0 aliphatic carbocycles. The number of nitrogens with one attached hydrogen (secondary N) is 1. The molecule has 0 saturated heterocycles. The zero-order chi connectivity index (χ0) is 11.4. The van der Waals surface area contributed by atoms with Gasteiger partial charge in [0, 0.05) is 18.9 Å². The molecule has 0 aliphatic heterocycles. The molecule has 0 spiro atoms. The third-order valence-electron chi connectivity index (χ3n) is 2.75. The first kappa shape index (κ1) is 10.7. The fourth-order valence-corrected chi connectivity index (χ4v) is 1.61. The Morgan fingerprint density at radius 2 is 2.00 bits per heavy atom. The van der Waals surface area contributed by atoms with E-state index in [1.807, 2.05) is 24.1 Å². The molecule has 84 valence electrons. The van der Waals surface area contributed by atoms with Gasteiger partial charge in [0.05, 0.1) is 18.6 Å². The number of aryl methyl sites for hydroxylation is 2. The summed E-state index contributed by atoms with van der Waals surface area (Å²) in [7, 11) is 2.00. The molecule has 0 saturated carbocycles. The largest absolute Gasteiger partial charge is 0.379 e. The predicted octanol–water partition coefficient (Wildman–Crippen LogP) is 2.59. The van der Waals surface area contributed by atoms with Crippen molar-refractivity contribution in [3.63, 3.8) is 0 Å². The lowest BCUT2D eigenvalue weighted by molar-refractivity contribution is 0.837. The van der Waals surface area contributed by atoms with Crippen LogP contribution in [-0.2, 0) is 20.0 Å². The number of aromatic nitrogens is 2. The Hall–Kier alpha value is -1.77. The second kappa shape index (κ2) is 4.84. The van der Waals surface area contributed by atoms with Gasteiger partial charge < -0.3 is 9.88 Å². The molecule has 1 N–H and O–H groups in total. The summed E-state index contributed by atoms with van der Waals surface area (Å²) in [6.45, 7) is 2.97. The Morgan fingerprint density at radius 3 is 2.56 bits per heavy atom. The molecule has 1 heterocycles. The van der Waals surface area contributed by atoms with E-state index in [-0.39, 0.29) is 0 Å².